The highest BCUT2D eigenvalue weighted by Gasteiger charge is 1.87. The van der Waals surface area contributed by atoms with Crippen LogP contribution in [0.2, 0.25) is 0 Å². The molecule has 0 fully saturated rings. The molecule has 0 unspecified atom stereocenters. The summed E-state index contributed by atoms with van der Waals surface area (Å²) in [5, 5.41) is 0.826. The highest BCUT2D eigenvalue weighted by Crippen LogP contribution is 2.07. The van der Waals surface area contributed by atoms with Gasteiger partial charge in [-0.3, -0.25) is 0 Å². The van der Waals surface area contributed by atoms with Crippen molar-refractivity contribution >= 4 is 11.6 Å². The van der Waals surface area contributed by atoms with Crippen LogP contribution in [0.3, 0.4) is 0 Å². The molecule has 0 aromatic rings. The van der Waals surface area contributed by atoms with Gasteiger partial charge < -0.3 is 0 Å². The molecule has 52 valence electrons. The molecular formula is C8H13Cl. The van der Waals surface area contributed by atoms with Crippen molar-refractivity contribution < 1.29 is 0 Å². The normalized spacial score (nSPS) is 13.7. The first-order chi connectivity index (χ1) is 4.16. The fraction of sp³-hybridized carbons (Fsp3) is 0.500. The minimum Gasteiger partial charge on any atom is -0.0862 e. The lowest BCUT2D eigenvalue weighted by molar-refractivity contribution is 0.830. The second-order valence-corrected chi connectivity index (χ2v) is 2.73. The molecule has 0 spiro atoms. The van der Waals surface area contributed by atoms with Crippen molar-refractivity contribution in [3.05, 3.63) is 23.3 Å². The molecule has 0 aliphatic heterocycles. The molecule has 0 saturated heterocycles. The average molecular weight is 145 g/mol. The summed E-state index contributed by atoms with van der Waals surface area (Å²) in [6.07, 6.45) is 5.84. The van der Waals surface area contributed by atoms with Crippen molar-refractivity contribution in [3.8, 4) is 0 Å². The van der Waals surface area contributed by atoms with E-state index in [2.05, 4.69) is 13.8 Å². The summed E-state index contributed by atoms with van der Waals surface area (Å²) < 4.78 is 0. The van der Waals surface area contributed by atoms with Crippen LogP contribution in [0.1, 0.15) is 20.8 Å². The highest BCUT2D eigenvalue weighted by atomic mass is 35.5. The molecule has 0 aliphatic rings. The minimum absolute atomic E-state index is 0.536. The first-order valence-corrected chi connectivity index (χ1v) is 3.54. The zero-order chi connectivity index (χ0) is 7.28. The largest absolute Gasteiger partial charge is 0.0862 e. The van der Waals surface area contributed by atoms with E-state index in [1.807, 2.05) is 25.2 Å². The first kappa shape index (κ1) is 8.77. The Hall–Kier alpha value is -0.230. The standard InChI is InChI=1S/C8H13Cl/c1-4-5-8(9)6-7(2)3/h4-7H,1-3H3/b5-4-,8-6+. The molecule has 0 bridgehead atoms. The summed E-state index contributed by atoms with van der Waals surface area (Å²) in [5.41, 5.74) is 0. The number of halogens is 1. The fourth-order valence-corrected chi connectivity index (χ4v) is 0.911. The van der Waals surface area contributed by atoms with Gasteiger partial charge in [-0.2, -0.15) is 0 Å². The summed E-state index contributed by atoms with van der Waals surface area (Å²) in [5.74, 6) is 0.536. The zero-order valence-electron chi connectivity index (χ0n) is 6.19. The van der Waals surface area contributed by atoms with E-state index in [-0.39, 0.29) is 0 Å². The Labute approximate surface area is 62.2 Å². The molecule has 0 heterocycles. The van der Waals surface area contributed by atoms with E-state index in [0.29, 0.717) is 5.92 Å². The zero-order valence-corrected chi connectivity index (χ0v) is 6.94. The molecule has 0 N–H and O–H groups in total. The SMILES string of the molecule is C/C=C\C(Cl)=C/C(C)C. The molecule has 0 nitrogen and oxygen atoms in total. The molecule has 0 radical (unpaired) electrons. The maximum atomic E-state index is 5.75. The van der Waals surface area contributed by atoms with Gasteiger partial charge in [-0.1, -0.05) is 37.6 Å². The topological polar surface area (TPSA) is 0 Å². The van der Waals surface area contributed by atoms with Gasteiger partial charge in [0.25, 0.3) is 0 Å². The molecule has 0 aliphatic carbocycles. The maximum Gasteiger partial charge on any atom is 0.0365 e. The third kappa shape index (κ3) is 5.64. The van der Waals surface area contributed by atoms with Gasteiger partial charge in [0.1, 0.15) is 0 Å². The third-order valence-corrected chi connectivity index (χ3v) is 1.07. The van der Waals surface area contributed by atoms with Crippen molar-refractivity contribution in [2.45, 2.75) is 20.8 Å². The van der Waals surface area contributed by atoms with Gasteiger partial charge in [0.15, 0.2) is 0 Å². The van der Waals surface area contributed by atoms with Gasteiger partial charge >= 0.3 is 0 Å². The van der Waals surface area contributed by atoms with Crippen LogP contribution in [0.4, 0.5) is 0 Å². The summed E-state index contributed by atoms with van der Waals surface area (Å²) in [7, 11) is 0. The third-order valence-electron chi connectivity index (χ3n) is 0.818. The smallest absolute Gasteiger partial charge is 0.0365 e. The Kier molecular flexibility index (Phi) is 4.51. The molecule has 0 amide bonds. The van der Waals surface area contributed by atoms with E-state index in [1.54, 1.807) is 0 Å². The van der Waals surface area contributed by atoms with Gasteiger partial charge in [0.2, 0.25) is 0 Å². The second-order valence-electron chi connectivity index (χ2n) is 2.30. The van der Waals surface area contributed by atoms with E-state index in [0.717, 1.165) is 5.03 Å². The van der Waals surface area contributed by atoms with E-state index >= 15 is 0 Å². The van der Waals surface area contributed by atoms with Crippen molar-refractivity contribution in [1.29, 1.82) is 0 Å². The van der Waals surface area contributed by atoms with E-state index in [9.17, 15) is 0 Å². The quantitative estimate of drug-likeness (QED) is 0.522. The predicted octanol–water partition coefficient (Wildman–Crippen LogP) is 3.34. The van der Waals surface area contributed by atoms with Gasteiger partial charge in [-0.15, -0.1) is 0 Å². The van der Waals surface area contributed by atoms with Crippen LogP contribution in [0.25, 0.3) is 0 Å². The van der Waals surface area contributed by atoms with Crippen LogP contribution in [0.15, 0.2) is 23.3 Å². The summed E-state index contributed by atoms with van der Waals surface area (Å²) in [6.45, 7) is 6.16. The van der Waals surface area contributed by atoms with Crippen molar-refractivity contribution in [2.24, 2.45) is 5.92 Å². The predicted molar refractivity (Wildman–Crippen MR) is 43.6 cm³/mol. The van der Waals surface area contributed by atoms with Gasteiger partial charge in [0, 0.05) is 5.03 Å². The lowest BCUT2D eigenvalue weighted by Crippen LogP contribution is -1.77. The molecular weight excluding hydrogens is 132 g/mol. The molecule has 9 heavy (non-hydrogen) atoms. The van der Waals surface area contributed by atoms with Crippen molar-refractivity contribution in [3.63, 3.8) is 0 Å². The average Bonchev–Trinajstić information content (AvgIpc) is 1.63. The monoisotopic (exact) mass is 144 g/mol. The molecule has 0 aromatic heterocycles. The van der Waals surface area contributed by atoms with Gasteiger partial charge in [-0.25, -0.2) is 0 Å². The molecule has 0 aromatic carbocycles. The van der Waals surface area contributed by atoms with Crippen LogP contribution < -0.4 is 0 Å². The molecule has 0 saturated carbocycles. The number of rotatable bonds is 2. The van der Waals surface area contributed by atoms with Crippen LogP contribution in [0.5, 0.6) is 0 Å². The van der Waals surface area contributed by atoms with Gasteiger partial charge in [-0.05, 0) is 18.9 Å². The second kappa shape index (κ2) is 4.63. The Bertz CT molecular complexity index is 121. The highest BCUT2D eigenvalue weighted by molar-refractivity contribution is 6.31. The number of hydrogen-bond acceptors (Lipinski definition) is 0. The number of hydrogen-bond donors (Lipinski definition) is 0. The Morgan fingerprint density at radius 1 is 1.44 bits per heavy atom. The molecule has 0 atom stereocenters. The lowest BCUT2D eigenvalue weighted by Gasteiger charge is -1.93. The van der Waals surface area contributed by atoms with Crippen LogP contribution in [-0.4, -0.2) is 0 Å². The van der Waals surface area contributed by atoms with Crippen molar-refractivity contribution in [2.75, 3.05) is 0 Å². The van der Waals surface area contributed by atoms with Crippen LogP contribution >= 0.6 is 11.6 Å². The summed E-state index contributed by atoms with van der Waals surface area (Å²) in [6, 6.07) is 0. The number of allylic oxidation sites excluding steroid dienone is 4. The van der Waals surface area contributed by atoms with E-state index in [4.69, 9.17) is 11.6 Å². The Morgan fingerprint density at radius 2 is 2.00 bits per heavy atom. The minimum atomic E-state index is 0.536. The van der Waals surface area contributed by atoms with Crippen LogP contribution in [-0.2, 0) is 0 Å². The Morgan fingerprint density at radius 3 is 2.33 bits per heavy atom. The van der Waals surface area contributed by atoms with Gasteiger partial charge in [0.05, 0.1) is 0 Å². The van der Waals surface area contributed by atoms with Crippen LogP contribution in [0, 0.1) is 5.92 Å². The molecule has 1 heteroatoms. The first-order valence-electron chi connectivity index (χ1n) is 3.17. The molecule has 0 rings (SSSR count). The maximum absolute atomic E-state index is 5.75. The van der Waals surface area contributed by atoms with E-state index in [1.165, 1.54) is 0 Å². The lowest BCUT2D eigenvalue weighted by atomic mass is 10.2. The van der Waals surface area contributed by atoms with Crippen molar-refractivity contribution in [1.82, 2.24) is 0 Å². The fourth-order valence-electron chi connectivity index (χ4n) is 0.533. The summed E-state index contributed by atoms with van der Waals surface area (Å²) >= 11 is 5.75. The van der Waals surface area contributed by atoms with E-state index < -0.39 is 0 Å². The Balaban J connectivity index is 3.84. The summed E-state index contributed by atoms with van der Waals surface area (Å²) in [4.78, 5) is 0.